The number of ether oxygens (including phenoxy) is 1. The summed E-state index contributed by atoms with van der Waals surface area (Å²) in [6.07, 6.45) is 13.6. The normalized spacial score (nSPS) is 20.8. The number of halogens is 2. The zero-order valence-electron chi connectivity index (χ0n) is 15.7. The van der Waals surface area contributed by atoms with Crippen LogP contribution in [0.4, 0.5) is 0 Å². The summed E-state index contributed by atoms with van der Waals surface area (Å²) in [5.41, 5.74) is 1.49. The molecule has 0 bridgehead atoms. The zero-order chi connectivity index (χ0) is 17.9. The Morgan fingerprint density at radius 2 is 1.68 bits per heavy atom. The molecule has 0 radical (unpaired) electrons. The number of hydrogen-bond donors (Lipinski definition) is 0. The first kappa shape index (κ1) is 21.1. The third kappa shape index (κ3) is 8.36. The van der Waals surface area contributed by atoms with Crippen molar-refractivity contribution in [1.29, 1.82) is 0 Å². The molecule has 142 valence electrons. The van der Waals surface area contributed by atoms with Gasteiger partial charge in [-0.05, 0) is 67.7 Å². The summed E-state index contributed by atoms with van der Waals surface area (Å²) in [5.74, 6) is 2.70. The fraction of sp³-hybridized carbons (Fsp3) is 0.714. The highest BCUT2D eigenvalue weighted by molar-refractivity contribution is 7.33. The lowest BCUT2D eigenvalue weighted by molar-refractivity contribution is 0.301. The van der Waals surface area contributed by atoms with Gasteiger partial charge in [-0.25, -0.2) is 0 Å². The summed E-state index contributed by atoms with van der Waals surface area (Å²) < 4.78 is 5.78. The molecule has 1 nitrogen and oxygen atoms in total. The lowest BCUT2D eigenvalue weighted by Gasteiger charge is -2.29. The van der Waals surface area contributed by atoms with E-state index in [2.05, 4.69) is 31.2 Å². The fourth-order valence-electron chi connectivity index (χ4n) is 3.91. The van der Waals surface area contributed by atoms with Crippen molar-refractivity contribution in [3.05, 3.63) is 29.8 Å². The predicted molar refractivity (Wildman–Crippen MR) is 114 cm³/mol. The molecule has 1 aliphatic carbocycles. The summed E-state index contributed by atoms with van der Waals surface area (Å²) in [5, 5.41) is 0. The van der Waals surface area contributed by atoms with Gasteiger partial charge in [0.2, 0.25) is 7.42 Å². The third-order valence-electron chi connectivity index (χ3n) is 5.50. The van der Waals surface area contributed by atoms with Crippen LogP contribution in [0.1, 0.15) is 82.6 Å². The van der Waals surface area contributed by atoms with Crippen LogP contribution in [-0.2, 0) is 0 Å². The molecule has 1 fully saturated rings. The molecule has 0 N–H and O–H groups in total. The molecule has 1 aromatic rings. The molecule has 0 saturated heterocycles. The van der Waals surface area contributed by atoms with Gasteiger partial charge in [-0.2, -0.15) is 22.2 Å². The van der Waals surface area contributed by atoms with Crippen molar-refractivity contribution in [3.8, 4) is 5.75 Å². The maximum absolute atomic E-state index is 5.87. The number of unbranched alkanes of at least 4 members (excludes halogenated alkanes) is 3. The van der Waals surface area contributed by atoms with E-state index in [1.807, 2.05) is 0 Å². The molecule has 0 spiro atoms. The molecule has 25 heavy (non-hydrogen) atoms. The fourth-order valence-corrected chi connectivity index (χ4v) is 5.31. The molecule has 0 heterocycles. The molecule has 0 amide bonds. The Bertz CT molecular complexity index is 455. The molecule has 0 atom stereocenters. The van der Waals surface area contributed by atoms with E-state index in [1.54, 1.807) is 0 Å². The SMILES string of the molecule is CCCCCCC1CCC(c2ccc(OCCC[SiH](Cl)Cl)cc2)CC1. The van der Waals surface area contributed by atoms with Gasteiger partial charge < -0.3 is 4.74 Å². The van der Waals surface area contributed by atoms with Gasteiger partial charge in [0.1, 0.15) is 5.75 Å². The molecule has 1 saturated carbocycles. The Labute approximate surface area is 165 Å². The average molecular weight is 401 g/mol. The minimum atomic E-state index is -1.48. The smallest absolute Gasteiger partial charge is 0.237 e. The second-order valence-corrected chi connectivity index (χ2v) is 12.7. The highest BCUT2D eigenvalue weighted by Crippen LogP contribution is 2.38. The van der Waals surface area contributed by atoms with Crippen LogP contribution < -0.4 is 4.74 Å². The van der Waals surface area contributed by atoms with Crippen LogP contribution in [0.15, 0.2) is 24.3 Å². The predicted octanol–water partition coefficient (Wildman–Crippen LogP) is 7.40. The lowest BCUT2D eigenvalue weighted by Crippen LogP contribution is -2.13. The summed E-state index contributed by atoms with van der Waals surface area (Å²) in [4.78, 5) is 0. The van der Waals surface area contributed by atoms with E-state index in [0.717, 1.165) is 30.1 Å². The van der Waals surface area contributed by atoms with Crippen molar-refractivity contribution in [3.63, 3.8) is 0 Å². The van der Waals surface area contributed by atoms with E-state index in [1.165, 1.54) is 63.4 Å². The van der Waals surface area contributed by atoms with Gasteiger partial charge in [0.05, 0.1) is 6.61 Å². The first-order chi connectivity index (χ1) is 12.2. The molecule has 4 heteroatoms. The summed E-state index contributed by atoms with van der Waals surface area (Å²) in [7, 11) is -1.48. The molecule has 0 unspecified atom stereocenters. The van der Waals surface area contributed by atoms with E-state index in [0.29, 0.717) is 6.61 Å². The van der Waals surface area contributed by atoms with Gasteiger partial charge in [0, 0.05) is 0 Å². The van der Waals surface area contributed by atoms with Gasteiger partial charge in [-0.1, -0.05) is 51.2 Å². The molecule has 2 rings (SSSR count). The first-order valence-corrected chi connectivity index (χ1v) is 14.5. The zero-order valence-corrected chi connectivity index (χ0v) is 18.4. The molecule has 1 aromatic carbocycles. The van der Waals surface area contributed by atoms with E-state index in [9.17, 15) is 0 Å². The second kappa shape index (κ2) is 12.2. The molecule has 0 aromatic heterocycles. The highest BCUT2D eigenvalue weighted by atomic mass is 35.7. The van der Waals surface area contributed by atoms with Crippen molar-refractivity contribution in [2.75, 3.05) is 6.61 Å². The minimum Gasteiger partial charge on any atom is -0.494 e. The lowest BCUT2D eigenvalue weighted by atomic mass is 9.77. The van der Waals surface area contributed by atoms with Crippen LogP contribution in [0, 0.1) is 5.92 Å². The average Bonchev–Trinajstić information content (AvgIpc) is 2.63. The first-order valence-electron chi connectivity index (χ1n) is 10.2. The van der Waals surface area contributed by atoms with Crippen molar-refractivity contribution in [2.45, 2.75) is 83.1 Å². The number of benzene rings is 1. The number of hydrogen-bond acceptors (Lipinski definition) is 1. The minimum absolute atomic E-state index is 0.714. The van der Waals surface area contributed by atoms with Crippen molar-refractivity contribution in [2.24, 2.45) is 5.92 Å². The quantitative estimate of drug-likeness (QED) is 0.213. The Morgan fingerprint density at radius 3 is 2.32 bits per heavy atom. The van der Waals surface area contributed by atoms with Crippen LogP contribution in [0.2, 0.25) is 6.04 Å². The van der Waals surface area contributed by atoms with Crippen molar-refractivity contribution < 1.29 is 4.74 Å². The Kier molecular flexibility index (Phi) is 10.3. The largest absolute Gasteiger partial charge is 0.494 e. The monoisotopic (exact) mass is 400 g/mol. The van der Waals surface area contributed by atoms with Crippen LogP contribution in [0.3, 0.4) is 0 Å². The van der Waals surface area contributed by atoms with Crippen LogP contribution in [0.25, 0.3) is 0 Å². The second-order valence-electron chi connectivity index (χ2n) is 7.52. The van der Waals surface area contributed by atoms with Crippen molar-refractivity contribution >= 4 is 29.6 Å². The van der Waals surface area contributed by atoms with Gasteiger partial charge in [0.15, 0.2) is 0 Å². The Hall–Kier alpha value is -0.183. The summed E-state index contributed by atoms with van der Waals surface area (Å²) in [6.45, 7) is 3.00. The Morgan fingerprint density at radius 1 is 0.960 bits per heavy atom. The van der Waals surface area contributed by atoms with Gasteiger partial charge in [0.25, 0.3) is 0 Å². The topological polar surface area (TPSA) is 9.23 Å². The summed E-state index contributed by atoms with van der Waals surface area (Å²) in [6, 6.07) is 9.71. The Balaban J connectivity index is 1.67. The maximum atomic E-state index is 5.87. The van der Waals surface area contributed by atoms with Gasteiger partial charge in [-0.3, -0.25) is 0 Å². The van der Waals surface area contributed by atoms with Crippen LogP contribution in [0.5, 0.6) is 5.75 Å². The standard InChI is InChI=1S/C21H34Cl2OSi/c1-2-3-4-5-7-18-8-10-19(11-9-18)20-12-14-21(15-13-20)24-16-6-17-25(22)23/h12-15,18-19,25H,2-11,16-17H2,1H3. The van der Waals surface area contributed by atoms with Crippen LogP contribution in [-0.4, -0.2) is 14.0 Å². The van der Waals surface area contributed by atoms with E-state index in [4.69, 9.17) is 26.9 Å². The van der Waals surface area contributed by atoms with E-state index >= 15 is 0 Å². The molecule has 1 aliphatic rings. The summed E-state index contributed by atoms with van der Waals surface area (Å²) >= 11 is 11.7. The molecular weight excluding hydrogens is 367 g/mol. The van der Waals surface area contributed by atoms with Gasteiger partial charge in [-0.15, -0.1) is 0 Å². The number of rotatable bonds is 11. The van der Waals surface area contributed by atoms with Crippen molar-refractivity contribution in [1.82, 2.24) is 0 Å². The van der Waals surface area contributed by atoms with Crippen LogP contribution >= 0.6 is 22.2 Å². The highest BCUT2D eigenvalue weighted by Gasteiger charge is 2.22. The molecule has 0 aliphatic heterocycles. The van der Waals surface area contributed by atoms with Gasteiger partial charge >= 0.3 is 0 Å². The van der Waals surface area contributed by atoms with E-state index < -0.39 is 7.42 Å². The molecular formula is C21H34Cl2OSi. The van der Waals surface area contributed by atoms with E-state index in [-0.39, 0.29) is 0 Å². The maximum Gasteiger partial charge on any atom is 0.237 e. The third-order valence-corrected chi connectivity index (χ3v) is 7.65.